The number of amides is 2. The predicted octanol–water partition coefficient (Wildman–Crippen LogP) is 2.89. The molecular formula is C19H19FN2O3. The molecule has 130 valence electrons. The van der Waals surface area contributed by atoms with Gasteiger partial charge in [-0.05, 0) is 24.3 Å². The molecule has 0 atom stereocenters. The number of anilines is 1. The number of likely N-dealkylation sites (N-methyl/N-ethyl adjacent to an activating group) is 1. The van der Waals surface area contributed by atoms with Crippen molar-refractivity contribution in [3.63, 3.8) is 0 Å². The van der Waals surface area contributed by atoms with E-state index in [2.05, 4.69) is 5.32 Å². The second kappa shape index (κ2) is 8.73. The van der Waals surface area contributed by atoms with E-state index in [1.807, 2.05) is 6.07 Å². The van der Waals surface area contributed by atoms with Crippen LogP contribution in [0.3, 0.4) is 0 Å². The summed E-state index contributed by atoms with van der Waals surface area (Å²) in [5.41, 5.74) is 1.01. The number of ketones is 1. The van der Waals surface area contributed by atoms with Crippen LogP contribution in [0.25, 0.3) is 0 Å². The number of nitrogens with one attached hydrogen (secondary N) is 1. The molecule has 5 nitrogen and oxygen atoms in total. The zero-order valence-corrected chi connectivity index (χ0v) is 13.9. The first-order valence-electron chi connectivity index (χ1n) is 7.83. The van der Waals surface area contributed by atoms with Crippen LogP contribution in [-0.2, 0) is 9.59 Å². The molecule has 0 fully saturated rings. The predicted molar refractivity (Wildman–Crippen MR) is 92.7 cm³/mol. The molecule has 0 aliphatic heterocycles. The van der Waals surface area contributed by atoms with Gasteiger partial charge >= 0.3 is 0 Å². The first-order chi connectivity index (χ1) is 12.0. The minimum atomic E-state index is -0.395. The lowest BCUT2D eigenvalue weighted by molar-refractivity contribution is -0.133. The largest absolute Gasteiger partial charge is 0.336 e. The molecule has 2 amide bonds. The van der Waals surface area contributed by atoms with Gasteiger partial charge in [-0.3, -0.25) is 14.4 Å². The fraction of sp³-hybridized carbons (Fsp3) is 0.211. The lowest BCUT2D eigenvalue weighted by Gasteiger charge is -2.16. The Labute approximate surface area is 145 Å². The van der Waals surface area contributed by atoms with Crippen molar-refractivity contribution < 1.29 is 18.8 Å². The molecule has 0 radical (unpaired) electrons. The van der Waals surface area contributed by atoms with E-state index in [1.165, 1.54) is 36.2 Å². The number of hydrogen-bond acceptors (Lipinski definition) is 3. The monoisotopic (exact) mass is 342 g/mol. The van der Waals surface area contributed by atoms with E-state index in [1.54, 1.807) is 24.3 Å². The summed E-state index contributed by atoms with van der Waals surface area (Å²) >= 11 is 0. The zero-order chi connectivity index (χ0) is 18.2. The van der Waals surface area contributed by atoms with Crippen LogP contribution >= 0.6 is 0 Å². The number of halogens is 1. The average Bonchev–Trinajstić information content (AvgIpc) is 2.62. The molecule has 0 heterocycles. The maximum atomic E-state index is 12.8. The van der Waals surface area contributed by atoms with Gasteiger partial charge in [0.05, 0.1) is 6.54 Å². The summed E-state index contributed by atoms with van der Waals surface area (Å²) in [7, 11) is 1.50. The number of carbonyl (C=O) groups is 3. The van der Waals surface area contributed by atoms with Gasteiger partial charge in [0, 0.05) is 31.1 Å². The van der Waals surface area contributed by atoms with Gasteiger partial charge in [-0.25, -0.2) is 4.39 Å². The van der Waals surface area contributed by atoms with Gasteiger partial charge in [-0.2, -0.15) is 0 Å². The van der Waals surface area contributed by atoms with E-state index < -0.39 is 11.7 Å². The highest BCUT2D eigenvalue weighted by Crippen LogP contribution is 2.09. The van der Waals surface area contributed by atoms with E-state index in [4.69, 9.17) is 0 Å². The van der Waals surface area contributed by atoms with Crippen molar-refractivity contribution in [2.24, 2.45) is 0 Å². The Balaban J connectivity index is 1.78. The number of nitrogens with zero attached hydrogens (tertiary/aromatic N) is 1. The lowest BCUT2D eigenvalue weighted by atomic mass is 10.1. The van der Waals surface area contributed by atoms with Gasteiger partial charge < -0.3 is 10.2 Å². The number of carbonyl (C=O) groups excluding carboxylic acids is 3. The topological polar surface area (TPSA) is 66.5 Å². The Kier molecular flexibility index (Phi) is 6.39. The van der Waals surface area contributed by atoms with Crippen LogP contribution in [0.1, 0.15) is 23.2 Å². The number of rotatable bonds is 7. The molecule has 6 heteroatoms. The molecule has 0 aliphatic rings. The van der Waals surface area contributed by atoms with Crippen molar-refractivity contribution in [1.82, 2.24) is 4.90 Å². The summed E-state index contributed by atoms with van der Waals surface area (Å²) < 4.78 is 12.8. The normalized spacial score (nSPS) is 10.2. The molecule has 2 rings (SSSR count). The highest BCUT2D eigenvalue weighted by Gasteiger charge is 2.15. The van der Waals surface area contributed by atoms with Crippen LogP contribution in [0.2, 0.25) is 0 Å². The summed E-state index contributed by atoms with van der Waals surface area (Å²) in [6.07, 6.45) is 0.126. The van der Waals surface area contributed by atoms with Crippen LogP contribution < -0.4 is 5.32 Å². The average molecular weight is 342 g/mol. The van der Waals surface area contributed by atoms with E-state index >= 15 is 0 Å². The Morgan fingerprint density at radius 2 is 1.60 bits per heavy atom. The highest BCUT2D eigenvalue weighted by atomic mass is 19.1. The van der Waals surface area contributed by atoms with Crippen molar-refractivity contribution in [2.75, 3.05) is 18.9 Å². The minimum absolute atomic E-state index is 0.0358. The van der Waals surface area contributed by atoms with Gasteiger partial charge in [0.2, 0.25) is 11.8 Å². The maximum Gasteiger partial charge on any atom is 0.243 e. The van der Waals surface area contributed by atoms with Crippen molar-refractivity contribution in [2.45, 2.75) is 12.8 Å². The van der Waals surface area contributed by atoms with E-state index in [0.717, 1.165) is 0 Å². The van der Waals surface area contributed by atoms with Crippen LogP contribution in [0.5, 0.6) is 0 Å². The summed E-state index contributed by atoms with van der Waals surface area (Å²) in [5, 5.41) is 2.58. The summed E-state index contributed by atoms with van der Waals surface area (Å²) in [5.74, 6) is -1.19. The smallest absolute Gasteiger partial charge is 0.243 e. The Hall–Kier alpha value is -3.02. The zero-order valence-electron chi connectivity index (χ0n) is 13.9. The Morgan fingerprint density at radius 3 is 2.24 bits per heavy atom. The molecule has 0 aliphatic carbocycles. The van der Waals surface area contributed by atoms with Gasteiger partial charge in [-0.15, -0.1) is 0 Å². The lowest BCUT2D eigenvalue weighted by Crippen LogP contribution is -2.35. The first kappa shape index (κ1) is 18.3. The van der Waals surface area contributed by atoms with Gasteiger partial charge in [0.15, 0.2) is 5.78 Å². The fourth-order valence-electron chi connectivity index (χ4n) is 2.22. The number of hydrogen-bond donors (Lipinski definition) is 1. The second-order valence-corrected chi connectivity index (χ2v) is 5.59. The van der Waals surface area contributed by atoms with Gasteiger partial charge in [0.25, 0.3) is 0 Å². The maximum absolute atomic E-state index is 12.8. The van der Waals surface area contributed by atoms with E-state index in [9.17, 15) is 18.8 Å². The van der Waals surface area contributed by atoms with Crippen LogP contribution in [0.4, 0.5) is 10.1 Å². The quantitative estimate of drug-likeness (QED) is 0.787. The molecule has 2 aromatic rings. The Bertz CT molecular complexity index is 745. The standard InChI is InChI=1S/C19H19FN2O3/c1-22(13-18(24)21-16-9-7-15(20)8-10-16)19(25)12-11-17(23)14-5-3-2-4-6-14/h2-10H,11-13H2,1H3,(H,21,24). The molecule has 2 aromatic carbocycles. The number of benzene rings is 2. The SMILES string of the molecule is CN(CC(=O)Nc1ccc(F)cc1)C(=O)CCC(=O)c1ccccc1. The van der Waals surface area contributed by atoms with E-state index in [-0.39, 0.29) is 31.1 Å². The van der Waals surface area contributed by atoms with Crippen LogP contribution in [0.15, 0.2) is 54.6 Å². The molecule has 25 heavy (non-hydrogen) atoms. The van der Waals surface area contributed by atoms with Crippen molar-refractivity contribution >= 4 is 23.3 Å². The van der Waals surface area contributed by atoms with Crippen molar-refractivity contribution in [3.05, 3.63) is 66.0 Å². The van der Waals surface area contributed by atoms with Crippen LogP contribution in [0, 0.1) is 5.82 Å². The fourth-order valence-corrected chi connectivity index (χ4v) is 2.22. The molecule has 0 saturated heterocycles. The van der Waals surface area contributed by atoms with Gasteiger partial charge in [-0.1, -0.05) is 30.3 Å². The van der Waals surface area contributed by atoms with Crippen LogP contribution in [-0.4, -0.2) is 36.1 Å². The highest BCUT2D eigenvalue weighted by molar-refractivity contribution is 5.98. The molecule has 0 spiro atoms. The second-order valence-electron chi connectivity index (χ2n) is 5.59. The Morgan fingerprint density at radius 1 is 0.960 bits per heavy atom. The molecule has 0 aromatic heterocycles. The molecule has 0 saturated carbocycles. The number of Topliss-reactive ketones (excluding diaryl/α,β-unsaturated/α-hetero) is 1. The molecule has 0 bridgehead atoms. The third-order valence-corrected chi connectivity index (χ3v) is 3.60. The summed E-state index contributed by atoms with van der Waals surface area (Å²) in [6, 6.07) is 14.1. The molecule has 1 N–H and O–H groups in total. The van der Waals surface area contributed by atoms with Gasteiger partial charge in [0.1, 0.15) is 5.82 Å². The first-order valence-corrected chi connectivity index (χ1v) is 7.83. The summed E-state index contributed by atoms with van der Waals surface area (Å²) in [4.78, 5) is 37.2. The van der Waals surface area contributed by atoms with Crippen molar-refractivity contribution in [1.29, 1.82) is 0 Å². The van der Waals surface area contributed by atoms with E-state index in [0.29, 0.717) is 11.3 Å². The molecule has 0 unspecified atom stereocenters. The minimum Gasteiger partial charge on any atom is -0.336 e. The third kappa shape index (κ3) is 5.84. The van der Waals surface area contributed by atoms with Crippen molar-refractivity contribution in [3.8, 4) is 0 Å². The third-order valence-electron chi connectivity index (χ3n) is 3.60. The molecular weight excluding hydrogens is 323 g/mol. The summed E-state index contributed by atoms with van der Waals surface area (Å²) in [6.45, 7) is -0.143.